The molecule has 1 unspecified atom stereocenters. The van der Waals surface area contributed by atoms with E-state index >= 15 is 0 Å². The minimum absolute atomic E-state index is 0.0747. The SMILES string of the molecule is CC(=O)[C@]1(C)OC2(C)O[C@@](C)(C(C)=O)C[C@@]2(O)O1. The predicted octanol–water partition coefficient (Wildman–Crippen LogP) is 0.511. The number of ether oxygens (including phenoxy) is 3. The Kier molecular flexibility index (Phi) is 2.56. The first kappa shape index (κ1) is 13.6. The van der Waals surface area contributed by atoms with Gasteiger partial charge in [0.15, 0.2) is 11.6 Å². The highest BCUT2D eigenvalue weighted by Crippen LogP contribution is 2.55. The molecule has 1 N–H and O–H groups in total. The van der Waals surface area contributed by atoms with Crippen LogP contribution in [-0.2, 0) is 23.8 Å². The molecule has 2 rings (SSSR count). The normalized spacial score (nSPS) is 51.2. The van der Waals surface area contributed by atoms with E-state index in [9.17, 15) is 14.7 Å². The zero-order valence-electron chi connectivity index (χ0n) is 11.2. The molecule has 0 saturated carbocycles. The summed E-state index contributed by atoms with van der Waals surface area (Å²) in [6, 6.07) is 0. The Balaban J connectivity index is 2.37. The first-order valence-electron chi connectivity index (χ1n) is 5.81. The maximum atomic E-state index is 11.6. The minimum atomic E-state index is -1.81. The van der Waals surface area contributed by atoms with Crippen molar-refractivity contribution >= 4 is 11.6 Å². The Morgan fingerprint density at radius 1 is 1.00 bits per heavy atom. The number of carbonyl (C=O) groups is 2. The van der Waals surface area contributed by atoms with Crippen LogP contribution in [-0.4, -0.2) is 39.6 Å². The highest BCUT2D eigenvalue weighted by atomic mass is 16.9. The van der Waals surface area contributed by atoms with E-state index in [1.165, 1.54) is 27.7 Å². The third-order valence-corrected chi connectivity index (χ3v) is 3.84. The van der Waals surface area contributed by atoms with Crippen molar-refractivity contribution in [3.63, 3.8) is 0 Å². The summed E-state index contributed by atoms with van der Waals surface area (Å²) >= 11 is 0. The monoisotopic (exact) mass is 258 g/mol. The molecule has 6 nitrogen and oxygen atoms in total. The molecule has 0 bridgehead atoms. The van der Waals surface area contributed by atoms with Crippen LogP contribution in [0, 0.1) is 0 Å². The van der Waals surface area contributed by atoms with Gasteiger partial charge in [-0.1, -0.05) is 0 Å². The molecule has 2 saturated heterocycles. The van der Waals surface area contributed by atoms with Crippen molar-refractivity contribution in [1.82, 2.24) is 0 Å². The lowest BCUT2D eigenvalue weighted by atomic mass is 9.94. The Bertz CT molecular complexity index is 374. The molecule has 0 aromatic carbocycles. The number of aliphatic hydroxyl groups is 1. The molecule has 2 heterocycles. The summed E-state index contributed by atoms with van der Waals surface area (Å²) in [7, 11) is 0. The summed E-state index contributed by atoms with van der Waals surface area (Å²) in [6.07, 6.45) is -0.0747. The van der Waals surface area contributed by atoms with Gasteiger partial charge in [-0.15, -0.1) is 0 Å². The molecule has 102 valence electrons. The minimum Gasteiger partial charge on any atom is -0.361 e. The lowest BCUT2D eigenvalue weighted by molar-refractivity contribution is -0.271. The molecule has 6 heteroatoms. The van der Waals surface area contributed by atoms with Gasteiger partial charge in [-0.25, -0.2) is 0 Å². The Morgan fingerprint density at radius 3 is 1.94 bits per heavy atom. The number of Topliss-reactive ketones (excluding diaryl/α,β-unsaturated/α-hetero) is 2. The number of carbonyl (C=O) groups excluding carboxylic acids is 2. The van der Waals surface area contributed by atoms with Crippen LogP contribution >= 0.6 is 0 Å². The van der Waals surface area contributed by atoms with Crippen LogP contribution in [0.15, 0.2) is 0 Å². The van der Waals surface area contributed by atoms with Gasteiger partial charge < -0.3 is 19.3 Å². The van der Waals surface area contributed by atoms with Crippen molar-refractivity contribution in [1.29, 1.82) is 0 Å². The maximum absolute atomic E-state index is 11.6. The topological polar surface area (TPSA) is 82.1 Å². The van der Waals surface area contributed by atoms with Crippen molar-refractivity contribution in [3.05, 3.63) is 0 Å². The highest BCUT2D eigenvalue weighted by molar-refractivity contribution is 5.86. The van der Waals surface area contributed by atoms with E-state index in [0.29, 0.717) is 0 Å². The molecule has 0 aromatic rings. The second kappa shape index (κ2) is 3.39. The van der Waals surface area contributed by atoms with Crippen LogP contribution < -0.4 is 0 Å². The van der Waals surface area contributed by atoms with Crippen molar-refractivity contribution < 1.29 is 28.9 Å². The number of rotatable bonds is 2. The summed E-state index contributed by atoms with van der Waals surface area (Å²) < 4.78 is 16.4. The zero-order valence-corrected chi connectivity index (χ0v) is 11.2. The number of ketones is 2. The standard InChI is InChI=1S/C12H18O6/c1-7(13)9(3)6-12(15)11(5,16-9)17-10(4,18-12)8(2)14/h15H,6H2,1-5H3/t9-,10-,11?,12-/m1/s1. The molecule has 0 amide bonds. The van der Waals surface area contributed by atoms with Crippen molar-refractivity contribution in [2.45, 2.75) is 64.0 Å². The van der Waals surface area contributed by atoms with Gasteiger partial charge in [0.25, 0.3) is 0 Å². The number of hydrogen-bond donors (Lipinski definition) is 1. The molecule has 0 radical (unpaired) electrons. The van der Waals surface area contributed by atoms with E-state index < -0.39 is 23.0 Å². The fourth-order valence-electron chi connectivity index (χ4n) is 2.45. The van der Waals surface area contributed by atoms with Gasteiger partial charge >= 0.3 is 0 Å². The number of hydrogen-bond acceptors (Lipinski definition) is 6. The quantitative estimate of drug-likeness (QED) is 0.777. The van der Waals surface area contributed by atoms with Gasteiger partial charge in [0.1, 0.15) is 5.60 Å². The first-order valence-corrected chi connectivity index (χ1v) is 5.81. The maximum Gasteiger partial charge on any atom is 0.231 e. The van der Waals surface area contributed by atoms with Crippen LogP contribution in [0.4, 0.5) is 0 Å². The first-order chi connectivity index (χ1) is 7.97. The van der Waals surface area contributed by atoms with Crippen LogP contribution in [0.25, 0.3) is 0 Å². The van der Waals surface area contributed by atoms with Crippen molar-refractivity contribution in [2.24, 2.45) is 0 Å². The van der Waals surface area contributed by atoms with Gasteiger partial charge in [-0.2, -0.15) is 0 Å². The predicted molar refractivity (Wildman–Crippen MR) is 59.4 cm³/mol. The summed E-state index contributed by atoms with van der Waals surface area (Å²) in [5.74, 6) is -5.51. The second-order valence-corrected chi connectivity index (χ2v) is 5.50. The Morgan fingerprint density at radius 2 is 1.56 bits per heavy atom. The third kappa shape index (κ3) is 1.56. The van der Waals surface area contributed by atoms with E-state index in [0.717, 1.165) is 0 Å². The average Bonchev–Trinajstić information content (AvgIpc) is 2.43. The van der Waals surface area contributed by atoms with Gasteiger partial charge in [0.2, 0.25) is 17.4 Å². The number of fused-ring (bicyclic) bond motifs is 1. The van der Waals surface area contributed by atoms with E-state index in [1.54, 1.807) is 6.92 Å². The molecular formula is C12H18O6. The lowest BCUT2D eigenvalue weighted by Crippen LogP contribution is -2.45. The van der Waals surface area contributed by atoms with E-state index in [4.69, 9.17) is 14.2 Å². The largest absolute Gasteiger partial charge is 0.361 e. The fraction of sp³-hybridized carbons (Fsp3) is 0.833. The van der Waals surface area contributed by atoms with Crippen LogP contribution in [0.1, 0.15) is 41.0 Å². The van der Waals surface area contributed by atoms with Gasteiger partial charge in [-0.3, -0.25) is 9.59 Å². The zero-order chi connectivity index (χ0) is 14.0. The summed E-state index contributed by atoms with van der Waals surface area (Å²) in [4.78, 5) is 23.1. The van der Waals surface area contributed by atoms with E-state index in [2.05, 4.69) is 0 Å². The third-order valence-electron chi connectivity index (χ3n) is 3.84. The van der Waals surface area contributed by atoms with Crippen molar-refractivity contribution in [3.8, 4) is 0 Å². The molecule has 2 fully saturated rings. The molecule has 2 aliphatic rings. The van der Waals surface area contributed by atoms with Gasteiger partial charge in [0, 0.05) is 13.3 Å². The molecule has 0 aliphatic carbocycles. The summed E-state index contributed by atoms with van der Waals surface area (Å²) in [5, 5.41) is 10.5. The lowest BCUT2D eigenvalue weighted by Gasteiger charge is -2.29. The smallest absolute Gasteiger partial charge is 0.231 e. The molecule has 0 spiro atoms. The van der Waals surface area contributed by atoms with Crippen LogP contribution in [0.5, 0.6) is 0 Å². The van der Waals surface area contributed by atoms with E-state index in [-0.39, 0.29) is 18.0 Å². The van der Waals surface area contributed by atoms with Crippen LogP contribution in [0.2, 0.25) is 0 Å². The highest BCUT2D eigenvalue weighted by Gasteiger charge is 2.73. The van der Waals surface area contributed by atoms with Gasteiger partial charge in [-0.05, 0) is 27.7 Å². The molecule has 4 atom stereocenters. The molecule has 18 heavy (non-hydrogen) atoms. The summed E-state index contributed by atoms with van der Waals surface area (Å²) in [6.45, 7) is 7.13. The molecule has 0 aromatic heterocycles. The second-order valence-electron chi connectivity index (χ2n) is 5.50. The molecule has 2 aliphatic heterocycles. The van der Waals surface area contributed by atoms with Crippen LogP contribution in [0.3, 0.4) is 0 Å². The van der Waals surface area contributed by atoms with Gasteiger partial charge in [0.05, 0.1) is 0 Å². The molecular weight excluding hydrogens is 240 g/mol. The Hall–Kier alpha value is -0.820. The average molecular weight is 258 g/mol. The van der Waals surface area contributed by atoms with E-state index in [1.807, 2.05) is 0 Å². The van der Waals surface area contributed by atoms with Crippen molar-refractivity contribution in [2.75, 3.05) is 0 Å². The summed E-state index contributed by atoms with van der Waals surface area (Å²) in [5.41, 5.74) is -1.18. The fourth-order valence-corrected chi connectivity index (χ4v) is 2.45. The Labute approximate surface area is 105 Å².